The Morgan fingerprint density at radius 1 is 0.968 bits per heavy atom. The summed E-state index contributed by atoms with van der Waals surface area (Å²) in [5, 5.41) is 5.82. The number of carbonyl (C=O) groups excluding carboxylic acids is 2. The van der Waals surface area contributed by atoms with Crippen molar-refractivity contribution in [1.82, 2.24) is 15.1 Å². The maximum Gasteiger partial charge on any atom is 0.321 e. The Morgan fingerprint density at radius 3 is 2.39 bits per heavy atom. The maximum absolute atomic E-state index is 13.9. The molecule has 2 aromatic rings. The monoisotopic (exact) mass is 424 g/mol. The van der Waals surface area contributed by atoms with Crippen LogP contribution in [0.25, 0.3) is 0 Å². The highest BCUT2D eigenvalue weighted by Gasteiger charge is 2.24. The summed E-state index contributed by atoms with van der Waals surface area (Å²) in [4.78, 5) is 29.4. The van der Waals surface area contributed by atoms with Crippen LogP contribution < -0.4 is 10.6 Å². The van der Waals surface area contributed by atoms with E-state index in [1.54, 1.807) is 4.90 Å². The van der Waals surface area contributed by atoms with E-state index in [0.29, 0.717) is 18.8 Å². The molecule has 0 saturated carbocycles. The predicted molar refractivity (Wildman–Crippen MR) is 118 cm³/mol. The second kappa shape index (κ2) is 9.92. The number of benzene rings is 2. The van der Waals surface area contributed by atoms with Crippen molar-refractivity contribution in [1.29, 1.82) is 0 Å². The van der Waals surface area contributed by atoms with Crippen LogP contribution in [0.5, 0.6) is 0 Å². The van der Waals surface area contributed by atoms with Gasteiger partial charge in [-0.15, -0.1) is 0 Å². The molecule has 3 amide bonds. The molecule has 0 aromatic heterocycles. The SMILES string of the molecule is O=C(NC1CCN(Cc2ccccc2)CC1)c1cc(F)ccc1NC(=O)N1CCCC1. The van der Waals surface area contributed by atoms with Crippen molar-refractivity contribution in [3.63, 3.8) is 0 Å². The fourth-order valence-electron chi connectivity index (χ4n) is 4.27. The predicted octanol–water partition coefficient (Wildman–Crippen LogP) is 3.85. The Hall–Kier alpha value is -2.93. The van der Waals surface area contributed by atoms with Gasteiger partial charge in [0.2, 0.25) is 0 Å². The number of piperidine rings is 1. The van der Waals surface area contributed by atoms with E-state index in [2.05, 4.69) is 27.7 Å². The highest BCUT2D eigenvalue weighted by atomic mass is 19.1. The summed E-state index contributed by atoms with van der Waals surface area (Å²) >= 11 is 0. The zero-order valence-electron chi connectivity index (χ0n) is 17.6. The first-order valence-corrected chi connectivity index (χ1v) is 11.0. The lowest BCUT2D eigenvalue weighted by molar-refractivity contribution is 0.0909. The van der Waals surface area contributed by atoms with Crippen LogP contribution >= 0.6 is 0 Å². The van der Waals surface area contributed by atoms with Crippen molar-refractivity contribution >= 4 is 17.6 Å². The molecule has 4 rings (SSSR count). The van der Waals surface area contributed by atoms with Gasteiger partial charge in [-0.05, 0) is 49.4 Å². The number of anilines is 1. The molecule has 2 N–H and O–H groups in total. The topological polar surface area (TPSA) is 64.7 Å². The number of rotatable bonds is 5. The lowest BCUT2D eigenvalue weighted by atomic mass is 10.0. The van der Waals surface area contributed by atoms with Crippen LogP contribution in [0.2, 0.25) is 0 Å². The number of halogens is 1. The van der Waals surface area contributed by atoms with Crippen LogP contribution in [-0.4, -0.2) is 54.0 Å². The van der Waals surface area contributed by atoms with Crippen molar-refractivity contribution in [2.45, 2.75) is 38.3 Å². The zero-order chi connectivity index (χ0) is 21.6. The minimum Gasteiger partial charge on any atom is -0.349 e. The average Bonchev–Trinajstić information content (AvgIpc) is 3.32. The molecule has 2 aliphatic rings. The van der Waals surface area contributed by atoms with Crippen LogP contribution in [0.4, 0.5) is 14.9 Å². The van der Waals surface area contributed by atoms with E-state index in [4.69, 9.17) is 0 Å². The quantitative estimate of drug-likeness (QED) is 0.766. The minimum atomic E-state index is -0.498. The van der Waals surface area contributed by atoms with Gasteiger partial charge in [0, 0.05) is 38.8 Å². The van der Waals surface area contributed by atoms with E-state index < -0.39 is 5.82 Å². The van der Waals surface area contributed by atoms with Gasteiger partial charge in [0.15, 0.2) is 0 Å². The molecule has 2 aromatic carbocycles. The lowest BCUT2D eigenvalue weighted by Gasteiger charge is -2.32. The largest absolute Gasteiger partial charge is 0.349 e. The van der Waals surface area contributed by atoms with Crippen LogP contribution in [0.15, 0.2) is 48.5 Å². The molecule has 164 valence electrons. The molecule has 2 fully saturated rings. The number of amides is 3. The summed E-state index contributed by atoms with van der Waals surface area (Å²) in [5.74, 6) is -0.847. The Bertz CT molecular complexity index is 907. The van der Waals surface area contributed by atoms with Gasteiger partial charge in [0.25, 0.3) is 5.91 Å². The van der Waals surface area contributed by atoms with Gasteiger partial charge >= 0.3 is 6.03 Å². The molecule has 2 aliphatic heterocycles. The fraction of sp³-hybridized carbons (Fsp3) is 0.417. The molecule has 31 heavy (non-hydrogen) atoms. The van der Waals surface area contributed by atoms with Gasteiger partial charge < -0.3 is 15.5 Å². The smallest absolute Gasteiger partial charge is 0.321 e. The third kappa shape index (κ3) is 5.61. The summed E-state index contributed by atoms with van der Waals surface area (Å²) in [6.07, 6.45) is 3.63. The van der Waals surface area contributed by atoms with Crippen molar-refractivity contribution in [2.24, 2.45) is 0 Å². The van der Waals surface area contributed by atoms with Crippen molar-refractivity contribution < 1.29 is 14.0 Å². The number of nitrogens with zero attached hydrogens (tertiary/aromatic N) is 2. The van der Waals surface area contributed by atoms with Crippen LogP contribution in [0, 0.1) is 5.82 Å². The van der Waals surface area contributed by atoms with Crippen molar-refractivity contribution in [3.05, 3.63) is 65.5 Å². The van der Waals surface area contributed by atoms with E-state index in [1.165, 1.54) is 23.8 Å². The standard InChI is InChI=1S/C24H29FN4O2/c25-19-8-9-22(27-24(31)29-12-4-5-13-29)21(16-19)23(30)26-20-10-14-28(15-11-20)17-18-6-2-1-3-7-18/h1-3,6-9,16,20H,4-5,10-15,17H2,(H,26,30)(H,27,31). The van der Waals surface area contributed by atoms with E-state index in [-0.39, 0.29) is 23.5 Å². The number of likely N-dealkylation sites (tertiary alicyclic amines) is 2. The van der Waals surface area contributed by atoms with E-state index >= 15 is 0 Å². The third-order valence-corrected chi connectivity index (χ3v) is 6.03. The highest BCUT2D eigenvalue weighted by Crippen LogP contribution is 2.21. The summed E-state index contributed by atoms with van der Waals surface area (Å²) < 4.78 is 13.9. The Labute approximate surface area is 182 Å². The molecule has 0 atom stereocenters. The first-order chi connectivity index (χ1) is 15.1. The first-order valence-electron chi connectivity index (χ1n) is 11.0. The second-order valence-corrected chi connectivity index (χ2v) is 8.32. The summed E-state index contributed by atoms with van der Waals surface area (Å²) in [6.45, 7) is 4.09. The average molecular weight is 425 g/mol. The van der Waals surface area contributed by atoms with Crippen LogP contribution in [-0.2, 0) is 6.54 Å². The summed E-state index contributed by atoms with van der Waals surface area (Å²) in [5.41, 5.74) is 1.79. The van der Waals surface area contributed by atoms with E-state index in [1.807, 2.05) is 18.2 Å². The Morgan fingerprint density at radius 2 is 1.68 bits per heavy atom. The summed E-state index contributed by atoms with van der Waals surface area (Å²) in [7, 11) is 0. The number of urea groups is 1. The van der Waals surface area contributed by atoms with Gasteiger partial charge in [-0.3, -0.25) is 9.69 Å². The Kier molecular flexibility index (Phi) is 6.82. The molecule has 0 bridgehead atoms. The van der Waals surface area contributed by atoms with Gasteiger partial charge in [-0.2, -0.15) is 0 Å². The molecule has 0 radical (unpaired) electrons. The fourth-order valence-corrected chi connectivity index (χ4v) is 4.27. The van der Waals surface area contributed by atoms with Gasteiger partial charge in [0.1, 0.15) is 5.82 Å². The second-order valence-electron chi connectivity index (χ2n) is 8.32. The first kappa shape index (κ1) is 21.3. The molecule has 2 saturated heterocycles. The van der Waals surface area contributed by atoms with E-state index in [0.717, 1.165) is 45.3 Å². The molecular weight excluding hydrogens is 395 g/mol. The van der Waals surface area contributed by atoms with Crippen molar-refractivity contribution in [3.8, 4) is 0 Å². The highest BCUT2D eigenvalue weighted by molar-refractivity contribution is 6.03. The van der Waals surface area contributed by atoms with Gasteiger partial charge in [0.05, 0.1) is 11.3 Å². The van der Waals surface area contributed by atoms with Gasteiger partial charge in [-0.25, -0.2) is 9.18 Å². The molecule has 6 nitrogen and oxygen atoms in total. The van der Waals surface area contributed by atoms with Gasteiger partial charge in [-0.1, -0.05) is 30.3 Å². The molecule has 2 heterocycles. The normalized spacial score (nSPS) is 17.5. The lowest BCUT2D eigenvalue weighted by Crippen LogP contribution is -2.44. The number of hydrogen-bond donors (Lipinski definition) is 2. The molecular formula is C24H29FN4O2. The Balaban J connectivity index is 1.34. The molecule has 0 spiro atoms. The number of nitrogens with one attached hydrogen (secondary N) is 2. The number of hydrogen-bond acceptors (Lipinski definition) is 3. The van der Waals surface area contributed by atoms with Crippen LogP contribution in [0.1, 0.15) is 41.6 Å². The van der Waals surface area contributed by atoms with Crippen LogP contribution in [0.3, 0.4) is 0 Å². The summed E-state index contributed by atoms with van der Waals surface area (Å²) in [6, 6.07) is 14.0. The third-order valence-electron chi connectivity index (χ3n) is 6.03. The molecule has 7 heteroatoms. The zero-order valence-corrected chi connectivity index (χ0v) is 17.6. The van der Waals surface area contributed by atoms with Crippen molar-refractivity contribution in [2.75, 3.05) is 31.5 Å². The molecule has 0 aliphatic carbocycles. The number of carbonyl (C=O) groups is 2. The van der Waals surface area contributed by atoms with E-state index in [9.17, 15) is 14.0 Å². The minimum absolute atomic E-state index is 0.0323. The molecule has 0 unspecified atom stereocenters. The maximum atomic E-state index is 13.9.